The minimum absolute atomic E-state index is 0.408. The van der Waals surface area contributed by atoms with Gasteiger partial charge < -0.3 is 4.74 Å². The molecule has 4 nitrogen and oxygen atoms in total. The SMILES string of the molecule is C=C(OCC)c1cnc2ccc(Cl)nn12. The average molecular weight is 224 g/mol. The Morgan fingerprint density at radius 2 is 2.40 bits per heavy atom. The summed E-state index contributed by atoms with van der Waals surface area (Å²) in [5.74, 6) is 0.541. The van der Waals surface area contributed by atoms with Gasteiger partial charge >= 0.3 is 0 Å². The van der Waals surface area contributed by atoms with E-state index < -0.39 is 0 Å². The number of nitrogens with zero attached hydrogens (tertiary/aromatic N) is 3. The van der Waals surface area contributed by atoms with Crippen LogP contribution in [0, 0.1) is 0 Å². The van der Waals surface area contributed by atoms with Gasteiger partial charge in [0, 0.05) is 0 Å². The van der Waals surface area contributed by atoms with Crippen molar-refractivity contribution in [1.82, 2.24) is 14.6 Å². The fourth-order valence-electron chi connectivity index (χ4n) is 1.29. The predicted molar refractivity (Wildman–Crippen MR) is 58.7 cm³/mol. The molecule has 0 spiro atoms. The van der Waals surface area contributed by atoms with Gasteiger partial charge in [0.15, 0.2) is 5.65 Å². The first kappa shape index (κ1) is 9.98. The lowest BCUT2D eigenvalue weighted by Crippen LogP contribution is -1.99. The van der Waals surface area contributed by atoms with Gasteiger partial charge in [-0.15, -0.1) is 0 Å². The summed E-state index contributed by atoms with van der Waals surface area (Å²) in [7, 11) is 0. The van der Waals surface area contributed by atoms with Crippen LogP contribution in [0.15, 0.2) is 24.9 Å². The van der Waals surface area contributed by atoms with E-state index in [1.54, 1.807) is 22.8 Å². The van der Waals surface area contributed by atoms with Gasteiger partial charge in [-0.1, -0.05) is 18.2 Å². The number of hydrogen-bond acceptors (Lipinski definition) is 3. The Labute approximate surface area is 92.1 Å². The molecule has 0 bridgehead atoms. The monoisotopic (exact) mass is 223 g/mol. The van der Waals surface area contributed by atoms with E-state index in [9.17, 15) is 0 Å². The lowest BCUT2D eigenvalue weighted by molar-refractivity contribution is 0.297. The van der Waals surface area contributed by atoms with Crippen LogP contribution in [0.5, 0.6) is 0 Å². The Morgan fingerprint density at radius 1 is 1.60 bits per heavy atom. The lowest BCUT2D eigenvalue weighted by Gasteiger charge is -2.05. The minimum Gasteiger partial charge on any atom is -0.492 e. The first-order valence-electron chi connectivity index (χ1n) is 4.54. The molecule has 15 heavy (non-hydrogen) atoms. The van der Waals surface area contributed by atoms with Gasteiger partial charge in [0.05, 0.1) is 12.8 Å². The minimum atomic E-state index is 0.408. The molecule has 0 aliphatic carbocycles. The Bertz CT molecular complexity index is 506. The number of hydrogen-bond donors (Lipinski definition) is 0. The highest BCUT2D eigenvalue weighted by Crippen LogP contribution is 2.16. The Morgan fingerprint density at radius 3 is 3.13 bits per heavy atom. The fourth-order valence-corrected chi connectivity index (χ4v) is 1.43. The summed E-state index contributed by atoms with van der Waals surface area (Å²) < 4.78 is 6.91. The van der Waals surface area contributed by atoms with Crippen molar-refractivity contribution in [3.63, 3.8) is 0 Å². The summed E-state index contributed by atoms with van der Waals surface area (Å²) in [6, 6.07) is 3.48. The summed E-state index contributed by atoms with van der Waals surface area (Å²) in [6.45, 7) is 6.26. The van der Waals surface area contributed by atoms with Gasteiger partial charge in [-0.3, -0.25) is 0 Å². The normalized spacial score (nSPS) is 10.5. The molecule has 2 aromatic rings. The Hall–Kier alpha value is -1.55. The van der Waals surface area contributed by atoms with Crippen molar-refractivity contribution >= 4 is 23.0 Å². The molecule has 0 amide bonds. The van der Waals surface area contributed by atoms with Crippen LogP contribution in [0.4, 0.5) is 0 Å². The van der Waals surface area contributed by atoms with Gasteiger partial charge in [0.1, 0.15) is 16.6 Å². The molecule has 5 heteroatoms. The molecule has 0 aliphatic heterocycles. The smallest absolute Gasteiger partial charge is 0.154 e. The number of rotatable bonds is 3. The molecule has 0 saturated heterocycles. The standard InChI is InChI=1S/C10H10ClN3O/c1-3-15-7(2)8-6-12-10-5-4-9(11)13-14(8)10/h4-6H,2-3H2,1H3. The Kier molecular flexibility index (Phi) is 2.60. The summed E-state index contributed by atoms with van der Waals surface area (Å²) >= 11 is 5.80. The van der Waals surface area contributed by atoms with E-state index in [-0.39, 0.29) is 0 Å². The third-order valence-corrected chi connectivity index (χ3v) is 2.14. The van der Waals surface area contributed by atoms with Crippen LogP contribution in [0.2, 0.25) is 5.15 Å². The van der Waals surface area contributed by atoms with Crippen molar-refractivity contribution in [2.24, 2.45) is 0 Å². The molecule has 2 aromatic heterocycles. The van der Waals surface area contributed by atoms with E-state index in [4.69, 9.17) is 16.3 Å². The molecule has 0 unspecified atom stereocenters. The highest BCUT2D eigenvalue weighted by Gasteiger charge is 2.08. The van der Waals surface area contributed by atoms with Crippen LogP contribution < -0.4 is 0 Å². The van der Waals surface area contributed by atoms with Gasteiger partial charge in [-0.2, -0.15) is 5.10 Å². The number of halogens is 1. The largest absolute Gasteiger partial charge is 0.492 e. The molecule has 0 fully saturated rings. The van der Waals surface area contributed by atoms with Crippen LogP contribution in [-0.4, -0.2) is 21.2 Å². The van der Waals surface area contributed by atoms with Crippen molar-refractivity contribution in [3.05, 3.63) is 35.8 Å². The van der Waals surface area contributed by atoms with E-state index in [1.165, 1.54) is 0 Å². The van der Waals surface area contributed by atoms with E-state index in [2.05, 4.69) is 16.7 Å². The molecule has 0 saturated carbocycles. The topological polar surface area (TPSA) is 39.4 Å². The van der Waals surface area contributed by atoms with E-state index in [1.807, 2.05) is 6.92 Å². The van der Waals surface area contributed by atoms with Gasteiger partial charge in [-0.25, -0.2) is 9.50 Å². The van der Waals surface area contributed by atoms with E-state index in [0.717, 1.165) is 5.65 Å². The second kappa shape index (κ2) is 3.90. The van der Waals surface area contributed by atoms with Crippen LogP contribution in [0.25, 0.3) is 11.4 Å². The maximum absolute atomic E-state index is 5.80. The number of imidazole rings is 1. The summed E-state index contributed by atoms with van der Waals surface area (Å²) in [5.41, 5.74) is 1.43. The van der Waals surface area contributed by atoms with Crippen molar-refractivity contribution in [2.75, 3.05) is 6.61 Å². The molecule has 0 aromatic carbocycles. The zero-order valence-corrected chi connectivity index (χ0v) is 9.03. The van der Waals surface area contributed by atoms with E-state index in [0.29, 0.717) is 23.2 Å². The molecule has 0 atom stereocenters. The molecular weight excluding hydrogens is 214 g/mol. The van der Waals surface area contributed by atoms with Crippen molar-refractivity contribution < 1.29 is 4.74 Å². The quantitative estimate of drug-likeness (QED) is 0.750. The number of ether oxygens (including phenoxy) is 1. The molecule has 2 rings (SSSR count). The maximum Gasteiger partial charge on any atom is 0.154 e. The first-order valence-corrected chi connectivity index (χ1v) is 4.92. The van der Waals surface area contributed by atoms with Gasteiger partial charge in [-0.05, 0) is 19.1 Å². The molecule has 0 aliphatic rings. The van der Waals surface area contributed by atoms with Crippen LogP contribution in [0.1, 0.15) is 12.6 Å². The average Bonchev–Trinajstić information content (AvgIpc) is 2.60. The lowest BCUT2D eigenvalue weighted by atomic mass is 10.4. The molecular formula is C10H10ClN3O. The molecule has 0 radical (unpaired) electrons. The third kappa shape index (κ3) is 1.80. The third-order valence-electron chi connectivity index (χ3n) is 1.93. The van der Waals surface area contributed by atoms with Crippen molar-refractivity contribution in [3.8, 4) is 0 Å². The zero-order valence-electron chi connectivity index (χ0n) is 8.27. The molecule has 2 heterocycles. The van der Waals surface area contributed by atoms with Crippen LogP contribution in [-0.2, 0) is 4.74 Å². The van der Waals surface area contributed by atoms with Crippen LogP contribution in [0.3, 0.4) is 0 Å². The summed E-state index contributed by atoms with van der Waals surface area (Å²) in [6.07, 6.45) is 1.66. The predicted octanol–water partition coefficient (Wildman–Crippen LogP) is 2.39. The summed E-state index contributed by atoms with van der Waals surface area (Å²) in [5, 5.41) is 4.53. The first-order chi connectivity index (χ1) is 7.22. The second-order valence-electron chi connectivity index (χ2n) is 2.93. The molecule has 0 N–H and O–H groups in total. The van der Waals surface area contributed by atoms with Crippen LogP contribution >= 0.6 is 11.6 Å². The van der Waals surface area contributed by atoms with E-state index >= 15 is 0 Å². The second-order valence-corrected chi connectivity index (χ2v) is 3.31. The maximum atomic E-state index is 5.80. The highest BCUT2D eigenvalue weighted by molar-refractivity contribution is 6.29. The Balaban J connectivity index is 2.52. The number of aromatic nitrogens is 3. The van der Waals surface area contributed by atoms with Gasteiger partial charge in [0.25, 0.3) is 0 Å². The fraction of sp³-hybridized carbons (Fsp3) is 0.200. The molecule has 78 valence electrons. The number of fused-ring (bicyclic) bond motifs is 1. The zero-order chi connectivity index (χ0) is 10.8. The summed E-state index contributed by atoms with van der Waals surface area (Å²) in [4.78, 5) is 4.16. The van der Waals surface area contributed by atoms with Crippen molar-refractivity contribution in [1.29, 1.82) is 0 Å². The highest BCUT2D eigenvalue weighted by atomic mass is 35.5. The van der Waals surface area contributed by atoms with Gasteiger partial charge in [0.2, 0.25) is 0 Å². The van der Waals surface area contributed by atoms with Crippen molar-refractivity contribution in [2.45, 2.75) is 6.92 Å².